The lowest BCUT2D eigenvalue weighted by Gasteiger charge is -2.25. The maximum absolute atomic E-state index is 12.7. The highest BCUT2D eigenvalue weighted by Gasteiger charge is 2.31. The Morgan fingerprint density at radius 3 is 2.50 bits per heavy atom. The second kappa shape index (κ2) is 8.10. The zero-order valence-electron chi connectivity index (χ0n) is 15.7. The van der Waals surface area contributed by atoms with Gasteiger partial charge >= 0.3 is 6.36 Å². The first kappa shape index (κ1) is 19.8. The van der Waals surface area contributed by atoms with Gasteiger partial charge in [0, 0.05) is 18.5 Å². The van der Waals surface area contributed by atoms with Gasteiger partial charge in [0.2, 0.25) is 5.89 Å². The van der Waals surface area contributed by atoms with Crippen molar-refractivity contribution in [3.63, 3.8) is 0 Å². The van der Waals surface area contributed by atoms with E-state index in [-0.39, 0.29) is 30.4 Å². The van der Waals surface area contributed by atoms with Crippen LogP contribution in [0.3, 0.4) is 0 Å². The fourth-order valence-electron chi connectivity index (χ4n) is 3.13. The van der Waals surface area contributed by atoms with Gasteiger partial charge in [-0.05, 0) is 36.4 Å². The third kappa shape index (κ3) is 4.73. The van der Waals surface area contributed by atoms with E-state index < -0.39 is 6.36 Å². The summed E-state index contributed by atoms with van der Waals surface area (Å²) >= 11 is 0. The molecule has 1 amide bonds. The predicted octanol–water partition coefficient (Wildman–Crippen LogP) is 4.35. The maximum atomic E-state index is 12.7. The van der Waals surface area contributed by atoms with E-state index in [0.717, 1.165) is 17.8 Å². The summed E-state index contributed by atoms with van der Waals surface area (Å²) in [5, 5.41) is 0. The van der Waals surface area contributed by atoms with Crippen molar-refractivity contribution in [3.8, 4) is 11.5 Å². The van der Waals surface area contributed by atoms with E-state index in [2.05, 4.69) is 9.72 Å². The number of benzene rings is 2. The summed E-state index contributed by atoms with van der Waals surface area (Å²) in [5.74, 6) is 1.02. The fourth-order valence-corrected chi connectivity index (χ4v) is 3.13. The smallest absolute Gasteiger partial charge is 0.484 e. The van der Waals surface area contributed by atoms with Gasteiger partial charge in [0.25, 0.3) is 5.91 Å². The number of alkyl halides is 3. The quantitative estimate of drug-likeness (QED) is 0.616. The average Bonchev–Trinajstić information content (AvgIpc) is 3.14. The van der Waals surface area contributed by atoms with Crippen molar-refractivity contribution in [1.29, 1.82) is 0 Å². The highest BCUT2D eigenvalue weighted by Crippen LogP contribution is 2.25. The minimum Gasteiger partial charge on any atom is -0.484 e. The molecule has 1 aliphatic rings. The Morgan fingerprint density at radius 2 is 1.80 bits per heavy atom. The van der Waals surface area contributed by atoms with Crippen molar-refractivity contribution in [2.45, 2.75) is 25.9 Å². The summed E-state index contributed by atoms with van der Waals surface area (Å²) < 4.78 is 52.0. The first-order chi connectivity index (χ1) is 14.4. The number of hydrogen-bond acceptors (Lipinski definition) is 5. The molecule has 0 saturated carbocycles. The third-order valence-corrected chi connectivity index (χ3v) is 4.50. The third-order valence-electron chi connectivity index (χ3n) is 4.50. The molecule has 9 heteroatoms. The standard InChI is InChI=1S/C21H17F3N2O4/c22-21(23,24)30-16-8-6-14(7-9-16)20(27)26-11-10-17-18(12-26)29-19(25-17)13-28-15-4-2-1-3-5-15/h1-9H,10-13H2. The highest BCUT2D eigenvalue weighted by molar-refractivity contribution is 5.94. The number of oxazole rings is 1. The molecule has 30 heavy (non-hydrogen) atoms. The summed E-state index contributed by atoms with van der Waals surface area (Å²) in [5.41, 5.74) is 1.04. The first-order valence-corrected chi connectivity index (χ1v) is 9.18. The molecule has 1 aliphatic heterocycles. The number of amides is 1. The van der Waals surface area contributed by atoms with E-state index in [0.29, 0.717) is 30.4 Å². The van der Waals surface area contributed by atoms with Crippen LogP contribution in [0, 0.1) is 0 Å². The molecule has 0 fully saturated rings. The molecule has 0 bridgehead atoms. The maximum Gasteiger partial charge on any atom is 0.573 e. The number of nitrogens with zero attached hydrogens (tertiary/aromatic N) is 2. The minimum absolute atomic E-state index is 0.172. The molecule has 6 nitrogen and oxygen atoms in total. The molecule has 0 radical (unpaired) electrons. The van der Waals surface area contributed by atoms with Crippen molar-refractivity contribution in [2.24, 2.45) is 0 Å². The molecule has 2 aromatic carbocycles. The SMILES string of the molecule is O=C(c1ccc(OC(F)(F)F)cc1)N1CCc2nc(COc3ccccc3)oc2C1. The van der Waals surface area contributed by atoms with Crippen LogP contribution in [0.1, 0.15) is 27.7 Å². The van der Waals surface area contributed by atoms with E-state index >= 15 is 0 Å². The Hall–Kier alpha value is -3.49. The molecular weight excluding hydrogens is 401 g/mol. The van der Waals surface area contributed by atoms with Crippen molar-refractivity contribution in [2.75, 3.05) is 6.54 Å². The summed E-state index contributed by atoms with van der Waals surface area (Å²) in [7, 11) is 0. The van der Waals surface area contributed by atoms with Crippen molar-refractivity contribution in [1.82, 2.24) is 9.88 Å². The molecule has 156 valence electrons. The van der Waals surface area contributed by atoms with Crippen LogP contribution in [0.2, 0.25) is 0 Å². The normalized spacial score (nSPS) is 13.6. The molecule has 0 spiro atoms. The van der Waals surface area contributed by atoms with Crippen LogP contribution in [0.4, 0.5) is 13.2 Å². The summed E-state index contributed by atoms with van der Waals surface area (Å²) in [6.45, 7) is 0.830. The lowest BCUT2D eigenvalue weighted by atomic mass is 10.1. The zero-order valence-corrected chi connectivity index (χ0v) is 15.7. The van der Waals surface area contributed by atoms with Crippen LogP contribution in [0.25, 0.3) is 0 Å². The zero-order chi connectivity index (χ0) is 21.1. The Balaban J connectivity index is 1.39. The van der Waals surface area contributed by atoms with E-state index in [9.17, 15) is 18.0 Å². The topological polar surface area (TPSA) is 64.8 Å². The molecule has 0 atom stereocenters. The molecule has 0 unspecified atom stereocenters. The molecule has 4 rings (SSSR count). The number of hydrogen-bond donors (Lipinski definition) is 0. The molecule has 0 N–H and O–H groups in total. The van der Waals surface area contributed by atoms with Crippen molar-refractivity contribution in [3.05, 3.63) is 77.5 Å². The number of rotatable bonds is 5. The van der Waals surface area contributed by atoms with E-state index in [1.807, 2.05) is 30.3 Å². The van der Waals surface area contributed by atoms with Crippen molar-refractivity contribution >= 4 is 5.91 Å². The van der Waals surface area contributed by atoms with E-state index in [1.165, 1.54) is 12.1 Å². The van der Waals surface area contributed by atoms with Crippen LogP contribution in [-0.4, -0.2) is 28.7 Å². The number of carbonyl (C=O) groups excluding carboxylic acids is 1. The van der Waals surface area contributed by atoms with Gasteiger partial charge in [0.15, 0.2) is 6.61 Å². The Morgan fingerprint density at radius 1 is 1.07 bits per heavy atom. The number of carbonyl (C=O) groups is 1. The van der Waals surface area contributed by atoms with Crippen LogP contribution in [0.15, 0.2) is 59.0 Å². The Labute approximate surface area is 169 Å². The largest absolute Gasteiger partial charge is 0.573 e. The van der Waals surface area contributed by atoms with Gasteiger partial charge in [-0.3, -0.25) is 4.79 Å². The number of ether oxygens (including phenoxy) is 2. The van der Waals surface area contributed by atoms with Gasteiger partial charge in [0.1, 0.15) is 17.3 Å². The molecule has 1 aromatic heterocycles. The molecule has 0 aliphatic carbocycles. The van der Waals surface area contributed by atoms with Gasteiger partial charge in [-0.15, -0.1) is 13.2 Å². The van der Waals surface area contributed by atoms with Crippen LogP contribution < -0.4 is 9.47 Å². The molecule has 3 aromatic rings. The number of fused-ring (bicyclic) bond motifs is 1. The Bertz CT molecular complexity index is 1020. The lowest BCUT2D eigenvalue weighted by Crippen LogP contribution is -2.35. The molecule has 2 heterocycles. The second-order valence-electron chi connectivity index (χ2n) is 6.63. The summed E-state index contributed by atoms with van der Waals surface area (Å²) in [6, 6.07) is 14.1. The predicted molar refractivity (Wildman–Crippen MR) is 98.8 cm³/mol. The number of aromatic nitrogens is 1. The first-order valence-electron chi connectivity index (χ1n) is 9.18. The lowest BCUT2D eigenvalue weighted by molar-refractivity contribution is -0.274. The minimum atomic E-state index is -4.77. The monoisotopic (exact) mass is 418 g/mol. The second-order valence-corrected chi connectivity index (χ2v) is 6.63. The fraction of sp³-hybridized carbons (Fsp3) is 0.238. The highest BCUT2D eigenvalue weighted by atomic mass is 19.4. The van der Waals surface area contributed by atoms with E-state index in [4.69, 9.17) is 9.15 Å². The molecule has 0 saturated heterocycles. The van der Waals surface area contributed by atoms with Crippen LogP contribution >= 0.6 is 0 Å². The van der Waals surface area contributed by atoms with Gasteiger partial charge < -0.3 is 18.8 Å². The molecular formula is C21H17F3N2O4. The van der Waals surface area contributed by atoms with Gasteiger partial charge in [-0.1, -0.05) is 18.2 Å². The number of halogens is 3. The van der Waals surface area contributed by atoms with Gasteiger partial charge in [-0.2, -0.15) is 0 Å². The average molecular weight is 418 g/mol. The summed E-state index contributed by atoms with van der Waals surface area (Å²) in [4.78, 5) is 18.7. The number of para-hydroxylation sites is 1. The summed E-state index contributed by atoms with van der Waals surface area (Å²) in [6.07, 6.45) is -4.26. The Kier molecular flexibility index (Phi) is 5.35. The van der Waals surface area contributed by atoms with Crippen LogP contribution in [-0.2, 0) is 19.6 Å². The van der Waals surface area contributed by atoms with Crippen LogP contribution in [0.5, 0.6) is 11.5 Å². The van der Waals surface area contributed by atoms with Gasteiger partial charge in [-0.25, -0.2) is 4.98 Å². The van der Waals surface area contributed by atoms with Crippen molar-refractivity contribution < 1.29 is 31.9 Å². The van der Waals surface area contributed by atoms with Gasteiger partial charge in [0.05, 0.1) is 12.2 Å². The van der Waals surface area contributed by atoms with E-state index in [1.54, 1.807) is 4.90 Å².